The SMILES string of the molecule is NCC(=O)OCc1ccc([N+](=O)[O-])cc1. The van der Waals surface area contributed by atoms with Crippen LogP contribution < -0.4 is 5.73 Å². The van der Waals surface area contributed by atoms with Crippen LogP contribution in [0.3, 0.4) is 0 Å². The number of ether oxygens (including phenoxy) is 1. The first-order chi connectivity index (χ1) is 7.13. The van der Waals surface area contributed by atoms with Crippen LogP contribution in [0.1, 0.15) is 5.56 Å². The lowest BCUT2D eigenvalue weighted by atomic mass is 10.2. The molecule has 0 bridgehead atoms. The van der Waals surface area contributed by atoms with E-state index in [9.17, 15) is 14.9 Å². The molecule has 6 heteroatoms. The lowest BCUT2D eigenvalue weighted by Crippen LogP contribution is -2.16. The number of esters is 1. The summed E-state index contributed by atoms with van der Waals surface area (Å²) in [5.41, 5.74) is 5.72. The van der Waals surface area contributed by atoms with Crippen LogP contribution in [0.4, 0.5) is 5.69 Å². The van der Waals surface area contributed by atoms with Crippen LogP contribution in [0.2, 0.25) is 0 Å². The third-order valence-electron chi connectivity index (χ3n) is 1.71. The smallest absolute Gasteiger partial charge is 0.320 e. The third-order valence-corrected chi connectivity index (χ3v) is 1.71. The standard InChI is InChI=1S/C9H10N2O4/c10-5-9(12)15-6-7-1-3-8(4-2-7)11(13)14/h1-4H,5-6,10H2. The van der Waals surface area contributed by atoms with E-state index in [-0.39, 0.29) is 18.8 Å². The Labute approximate surface area is 85.8 Å². The van der Waals surface area contributed by atoms with Gasteiger partial charge in [0.05, 0.1) is 11.5 Å². The number of hydrogen-bond acceptors (Lipinski definition) is 5. The number of nitro groups is 1. The van der Waals surface area contributed by atoms with E-state index >= 15 is 0 Å². The van der Waals surface area contributed by atoms with Gasteiger partial charge in [0.1, 0.15) is 6.61 Å². The molecule has 0 aliphatic heterocycles. The molecule has 0 radical (unpaired) electrons. The Morgan fingerprint density at radius 2 is 2.00 bits per heavy atom. The summed E-state index contributed by atoms with van der Waals surface area (Å²) in [7, 11) is 0. The van der Waals surface area contributed by atoms with Crippen LogP contribution in [0.25, 0.3) is 0 Å². The topological polar surface area (TPSA) is 95.5 Å². The van der Waals surface area contributed by atoms with Gasteiger partial charge < -0.3 is 10.5 Å². The Hall–Kier alpha value is -1.95. The van der Waals surface area contributed by atoms with E-state index < -0.39 is 10.9 Å². The van der Waals surface area contributed by atoms with Gasteiger partial charge in [0.15, 0.2) is 0 Å². The molecule has 0 saturated carbocycles. The molecule has 1 aromatic carbocycles. The molecule has 1 rings (SSSR count). The molecule has 0 aliphatic carbocycles. The highest BCUT2D eigenvalue weighted by Gasteiger charge is 2.05. The molecule has 6 nitrogen and oxygen atoms in total. The summed E-state index contributed by atoms with van der Waals surface area (Å²) >= 11 is 0. The van der Waals surface area contributed by atoms with Gasteiger partial charge in [-0.05, 0) is 17.7 Å². The van der Waals surface area contributed by atoms with Crippen molar-refractivity contribution in [2.24, 2.45) is 5.73 Å². The van der Waals surface area contributed by atoms with Crippen molar-refractivity contribution in [3.05, 3.63) is 39.9 Å². The summed E-state index contributed by atoms with van der Waals surface area (Å²) in [6.07, 6.45) is 0. The van der Waals surface area contributed by atoms with Gasteiger partial charge in [0.25, 0.3) is 5.69 Å². The number of non-ortho nitro benzene ring substituents is 1. The van der Waals surface area contributed by atoms with Gasteiger partial charge in [-0.3, -0.25) is 14.9 Å². The molecule has 0 saturated heterocycles. The summed E-state index contributed by atoms with van der Waals surface area (Å²) in [6, 6.07) is 5.76. The zero-order valence-electron chi connectivity index (χ0n) is 7.88. The Kier molecular flexibility index (Phi) is 3.75. The fraction of sp³-hybridized carbons (Fsp3) is 0.222. The van der Waals surface area contributed by atoms with Crippen LogP contribution in [-0.4, -0.2) is 17.4 Å². The van der Waals surface area contributed by atoms with Crippen molar-refractivity contribution in [1.82, 2.24) is 0 Å². The van der Waals surface area contributed by atoms with Gasteiger partial charge in [-0.25, -0.2) is 0 Å². The summed E-state index contributed by atoms with van der Waals surface area (Å²) in [6.45, 7) is -0.0962. The fourth-order valence-electron chi connectivity index (χ4n) is 0.937. The Morgan fingerprint density at radius 1 is 1.40 bits per heavy atom. The molecule has 0 unspecified atom stereocenters. The number of nitrogens with zero attached hydrogens (tertiary/aromatic N) is 1. The molecule has 80 valence electrons. The van der Waals surface area contributed by atoms with E-state index in [1.165, 1.54) is 24.3 Å². The highest BCUT2D eigenvalue weighted by molar-refractivity contribution is 5.71. The second-order valence-electron chi connectivity index (χ2n) is 2.79. The lowest BCUT2D eigenvalue weighted by molar-refractivity contribution is -0.384. The number of rotatable bonds is 4. The molecule has 2 N–H and O–H groups in total. The molecular formula is C9H10N2O4. The van der Waals surface area contributed by atoms with E-state index in [1.54, 1.807) is 0 Å². The molecule has 0 heterocycles. The fourth-order valence-corrected chi connectivity index (χ4v) is 0.937. The molecule has 1 aromatic rings. The van der Waals surface area contributed by atoms with E-state index in [0.717, 1.165) is 0 Å². The summed E-state index contributed by atoms with van der Waals surface area (Å²) in [4.78, 5) is 20.5. The first kappa shape index (κ1) is 11.1. The van der Waals surface area contributed by atoms with Crippen LogP contribution in [0.5, 0.6) is 0 Å². The van der Waals surface area contributed by atoms with E-state index in [4.69, 9.17) is 10.5 Å². The minimum atomic E-state index is -0.506. The van der Waals surface area contributed by atoms with Crippen LogP contribution in [0, 0.1) is 10.1 Å². The van der Waals surface area contributed by atoms with Crippen molar-refractivity contribution in [3.8, 4) is 0 Å². The maximum absolute atomic E-state index is 10.7. The average molecular weight is 210 g/mol. The molecule has 15 heavy (non-hydrogen) atoms. The van der Waals surface area contributed by atoms with Gasteiger partial charge in [-0.2, -0.15) is 0 Å². The molecule has 0 atom stereocenters. The maximum atomic E-state index is 10.7. The predicted octanol–water partition coefficient (Wildman–Crippen LogP) is 0.597. The maximum Gasteiger partial charge on any atom is 0.320 e. The zero-order chi connectivity index (χ0) is 11.3. The molecule has 0 amide bonds. The minimum absolute atomic E-state index is 0.00361. The lowest BCUT2D eigenvalue weighted by Gasteiger charge is -2.02. The van der Waals surface area contributed by atoms with E-state index in [1.807, 2.05) is 0 Å². The first-order valence-electron chi connectivity index (χ1n) is 4.22. The average Bonchev–Trinajstić information content (AvgIpc) is 2.26. The Morgan fingerprint density at radius 3 is 2.47 bits per heavy atom. The van der Waals surface area contributed by atoms with Gasteiger partial charge in [-0.15, -0.1) is 0 Å². The highest BCUT2D eigenvalue weighted by Crippen LogP contribution is 2.12. The van der Waals surface area contributed by atoms with Crippen molar-refractivity contribution in [1.29, 1.82) is 0 Å². The Bertz CT molecular complexity index is 361. The van der Waals surface area contributed by atoms with Crippen molar-refractivity contribution in [2.45, 2.75) is 6.61 Å². The van der Waals surface area contributed by atoms with Crippen molar-refractivity contribution in [3.63, 3.8) is 0 Å². The normalized spacial score (nSPS) is 9.67. The number of nitro benzene ring substituents is 1. The number of carbonyl (C=O) groups is 1. The molecular weight excluding hydrogens is 200 g/mol. The largest absolute Gasteiger partial charge is 0.460 e. The van der Waals surface area contributed by atoms with Crippen LogP contribution in [0.15, 0.2) is 24.3 Å². The van der Waals surface area contributed by atoms with Gasteiger partial charge in [-0.1, -0.05) is 0 Å². The van der Waals surface area contributed by atoms with Crippen molar-refractivity contribution >= 4 is 11.7 Å². The van der Waals surface area contributed by atoms with E-state index in [0.29, 0.717) is 5.56 Å². The highest BCUT2D eigenvalue weighted by atomic mass is 16.6. The quantitative estimate of drug-likeness (QED) is 0.446. The second kappa shape index (κ2) is 5.06. The molecule has 0 fully saturated rings. The molecule has 0 spiro atoms. The van der Waals surface area contributed by atoms with Gasteiger partial charge in [0, 0.05) is 12.1 Å². The zero-order valence-corrected chi connectivity index (χ0v) is 7.88. The number of hydrogen-bond donors (Lipinski definition) is 1. The van der Waals surface area contributed by atoms with Crippen molar-refractivity contribution < 1.29 is 14.5 Å². The monoisotopic (exact) mass is 210 g/mol. The van der Waals surface area contributed by atoms with Crippen LogP contribution >= 0.6 is 0 Å². The molecule has 0 aromatic heterocycles. The second-order valence-corrected chi connectivity index (χ2v) is 2.79. The van der Waals surface area contributed by atoms with E-state index in [2.05, 4.69) is 0 Å². The van der Waals surface area contributed by atoms with Crippen molar-refractivity contribution in [2.75, 3.05) is 6.54 Å². The summed E-state index contributed by atoms with van der Waals surface area (Å²) in [5, 5.41) is 10.3. The Balaban J connectivity index is 2.57. The number of carbonyl (C=O) groups excluding carboxylic acids is 1. The third kappa shape index (κ3) is 3.35. The molecule has 0 aliphatic rings. The minimum Gasteiger partial charge on any atom is -0.460 e. The predicted molar refractivity (Wildman–Crippen MR) is 51.9 cm³/mol. The first-order valence-corrected chi connectivity index (χ1v) is 4.22. The van der Waals surface area contributed by atoms with Gasteiger partial charge in [0.2, 0.25) is 0 Å². The number of benzene rings is 1. The van der Waals surface area contributed by atoms with Crippen LogP contribution in [-0.2, 0) is 16.1 Å². The van der Waals surface area contributed by atoms with Gasteiger partial charge >= 0.3 is 5.97 Å². The summed E-state index contributed by atoms with van der Waals surface area (Å²) < 4.78 is 4.74. The summed E-state index contributed by atoms with van der Waals surface area (Å²) in [5.74, 6) is -0.506. The number of nitrogens with two attached hydrogens (primary N) is 1.